The molecular formula is C16H14FNO5. The van der Waals surface area contributed by atoms with Crippen LogP contribution in [-0.2, 0) is 0 Å². The molecule has 0 bridgehead atoms. The lowest BCUT2D eigenvalue weighted by molar-refractivity contribution is 0.0659. The van der Waals surface area contributed by atoms with E-state index in [9.17, 15) is 14.0 Å². The van der Waals surface area contributed by atoms with Crippen LogP contribution in [0.25, 0.3) is 0 Å². The van der Waals surface area contributed by atoms with E-state index in [1.165, 1.54) is 24.3 Å². The number of hydrogen-bond acceptors (Lipinski definition) is 4. The van der Waals surface area contributed by atoms with Crippen molar-refractivity contribution in [1.29, 1.82) is 0 Å². The average molecular weight is 319 g/mol. The van der Waals surface area contributed by atoms with Gasteiger partial charge in [-0.05, 0) is 31.0 Å². The van der Waals surface area contributed by atoms with E-state index >= 15 is 0 Å². The SMILES string of the molecule is O=C(O)c1ccc(C(=O)NC2CCCOc3cc(F)ccc32)o1. The van der Waals surface area contributed by atoms with Crippen LogP contribution in [0, 0.1) is 5.82 Å². The van der Waals surface area contributed by atoms with E-state index in [4.69, 9.17) is 14.3 Å². The van der Waals surface area contributed by atoms with Gasteiger partial charge in [0.05, 0.1) is 12.6 Å². The summed E-state index contributed by atoms with van der Waals surface area (Å²) in [5.41, 5.74) is 0.683. The number of nitrogens with one attached hydrogen (secondary N) is 1. The van der Waals surface area contributed by atoms with E-state index in [1.54, 1.807) is 6.07 Å². The number of fused-ring (bicyclic) bond motifs is 1. The summed E-state index contributed by atoms with van der Waals surface area (Å²) in [7, 11) is 0. The molecule has 1 aliphatic heterocycles. The number of hydrogen-bond donors (Lipinski definition) is 2. The first-order chi connectivity index (χ1) is 11.0. The van der Waals surface area contributed by atoms with Crippen LogP contribution in [0.5, 0.6) is 5.75 Å². The number of carbonyl (C=O) groups is 2. The van der Waals surface area contributed by atoms with Crippen molar-refractivity contribution in [2.24, 2.45) is 0 Å². The normalized spacial score (nSPS) is 16.8. The molecule has 0 aliphatic carbocycles. The van der Waals surface area contributed by atoms with Gasteiger partial charge in [-0.25, -0.2) is 9.18 Å². The predicted molar refractivity (Wildman–Crippen MR) is 77.0 cm³/mol. The van der Waals surface area contributed by atoms with Crippen molar-refractivity contribution in [2.45, 2.75) is 18.9 Å². The zero-order valence-electron chi connectivity index (χ0n) is 12.0. The van der Waals surface area contributed by atoms with Crippen molar-refractivity contribution in [3.8, 4) is 5.75 Å². The van der Waals surface area contributed by atoms with E-state index in [1.807, 2.05) is 0 Å². The van der Waals surface area contributed by atoms with Gasteiger partial charge >= 0.3 is 5.97 Å². The molecule has 0 radical (unpaired) electrons. The lowest BCUT2D eigenvalue weighted by Crippen LogP contribution is -2.28. The standard InChI is InChI=1S/C16H14FNO5/c17-9-3-4-10-11(2-1-7-22-14(10)8-9)18-15(19)12-5-6-13(23-12)16(20)21/h3-6,8,11H,1-2,7H2,(H,18,19)(H,20,21). The van der Waals surface area contributed by atoms with Gasteiger partial charge in [0, 0.05) is 11.6 Å². The van der Waals surface area contributed by atoms with Crippen molar-refractivity contribution in [3.05, 3.63) is 53.2 Å². The zero-order valence-corrected chi connectivity index (χ0v) is 12.0. The summed E-state index contributed by atoms with van der Waals surface area (Å²) in [4.78, 5) is 23.0. The Labute approximate surface area is 130 Å². The quantitative estimate of drug-likeness (QED) is 0.908. The molecule has 1 aromatic carbocycles. The van der Waals surface area contributed by atoms with E-state index in [-0.39, 0.29) is 17.6 Å². The van der Waals surface area contributed by atoms with Crippen LogP contribution in [0.3, 0.4) is 0 Å². The number of rotatable bonds is 3. The monoisotopic (exact) mass is 319 g/mol. The Bertz CT molecular complexity index is 755. The highest BCUT2D eigenvalue weighted by Crippen LogP contribution is 2.32. The summed E-state index contributed by atoms with van der Waals surface area (Å²) in [5, 5.41) is 11.6. The summed E-state index contributed by atoms with van der Waals surface area (Å²) in [6.07, 6.45) is 1.32. The zero-order chi connectivity index (χ0) is 16.4. The van der Waals surface area contributed by atoms with E-state index in [2.05, 4.69) is 5.32 Å². The molecule has 2 N–H and O–H groups in total. The Morgan fingerprint density at radius 3 is 2.74 bits per heavy atom. The smallest absolute Gasteiger partial charge is 0.371 e. The Kier molecular flexibility index (Phi) is 4.01. The van der Waals surface area contributed by atoms with Crippen molar-refractivity contribution >= 4 is 11.9 Å². The van der Waals surface area contributed by atoms with Crippen LogP contribution in [0.15, 0.2) is 34.7 Å². The van der Waals surface area contributed by atoms with Gasteiger partial charge in [-0.3, -0.25) is 4.79 Å². The summed E-state index contributed by atoms with van der Waals surface area (Å²) < 4.78 is 23.8. The molecule has 0 fully saturated rings. The summed E-state index contributed by atoms with van der Waals surface area (Å²) in [5.74, 6) is -2.17. The third-order valence-corrected chi connectivity index (χ3v) is 3.59. The van der Waals surface area contributed by atoms with Gasteiger partial charge in [0.15, 0.2) is 5.76 Å². The first kappa shape index (κ1) is 15.1. The van der Waals surface area contributed by atoms with Crippen LogP contribution in [0.1, 0.15) is 45.6 Å². The fourth-order valence-electron chi connectivity index (χ4n) is 2.50. The summed E-state index contributed by atoms with van der Waals surface area (Å²) >= 11 is 0. The highest BCUT2D eigenvalue weighted by Gasteiger charge is 2.24. The Morgan fingerprint density at radius 1 is 1.22 bits per heavy atom. The maximum Gasteiger partial charge on any atom is 0.371 e. The average Bonchev–Trinajstić information content (AvgIpc) is 2.93. The molecule has 23 heavy (non-hydrogen) atoms. The molecule has 1 aliphatic rings. The molecule has 0 saturated carbocycles. The predicted octanol–water partition coefficient (Wildman–Crippen LogP) is 2.76. The van der Waals surface area contributed by atoms with Crippen LogP contribution in [-0.4, -0.2) is 23.6 Å². The summed E-state index contributed by atoms with van der Waals surface area (Å²) in [6.45, 7) is 0.437. The number of halogens is 1. The number of furan rings is 1. The van der Waals surface area contributed by atoms with E-state index < -0.39 is 17.7 Å². The van der Waals surface area contributed by atoms with Gasteiger partial charge in [0.2, 0.25) is 5.76 Å². The molecule has 0 spiro atoms. The lowest BCUT2D eigenvalue weighted by Gasteiger charge is -2.17. The van der Waals surface area contributed by atoms with Gasteiger partial charge in [0.25, 0.3) is 5.91 Å². The Morgan fingerprint density at radius 2 is 2.00 bits per heavy atom. The number of ether oxygens (including phenoxy) is 1. The molecule has 2 heterocycles. The van der Waals surface area contributed by atoms with Crippen LogP contribution >= 0.6 is 0 Å². The largest absolute Gasteiger partial charge is 0.493 e. The molecule has 1 aromatic heterocycles. The minimum absolute atomic E-state index is 0.0868. The molecular weight excluding hydrogens is 305 g/mol. The lowest BCUT2D eigenvalue weighted by atomic mass is 10.0. The van der Waals surface area contributed by atoms with Crippen molar-refractivity contribution in [1.82, 2.24) is 5.32 Å². The van der Waals surface area contributed by atoms with Gasteiger partial charge in [-0.1, -0.05) is 6.07 Å². The van der Waals surface area contributed by atoms with Gasteiger partial charge in [0.1, 0.15) is 11.6 Å². The van der Waals surface area contributed by atoms with E-state index in [0.29, 0.717) is 30.8 Å². The minimum atomic E-state index is -1.24. The highest BCUT2D eigenvalue weighted by atomic mass is 19.1. The summed E-state index contributed by atoms with van der Waals surface area (Å²) in [6, 6.07) is 6.33. The van der Waals surface area contributed by atoms with Crippen LogP contribution in [0.2, 0.25) is 0 Å². The molecule has 1 amide bonds. The van der Waals surface area contributed by atoms with Crippen molar-refractivity contribution < 1.29 is 28.2 Å². The molecule has 7 heteroatoms. The second-order valence-corrected chi connectivity index (χ2v) is 5.17. The minimum Gasteiger partial charge on any atom is -0.493 e. The van der Waals surface area contributed by atoms with Crippen molar-refractivity contribution in [3.63, 3.8) is 0 Å². The molecule has 0 saturated heterocycles. The molecule has 1 atom stereocenters. The number of carboxylic acid groups (broad SMARTS) is 1. The first-order valence-electron chi connectivity index (χ1n) is 7.11. The third-order valence-electron chi connectivity index (χ3n) is 3.59. The second-order valence-electron chi connectivity index (χ2n) is 5.17. The van der Waals surface area contributed by atoms with E-state index in [0.717, 1.165) is 0 Å². The Balaban J connectivity index is 1.81. The molecule has 3 rings (SSSR count). The highest BCUT2D eigenvalue weighted by molar-refractivity contribution is 5.93. The number of carboxylic acids is 1. The van der Waals surface area contributed by atoms with Gasteiger partial charge in [-0.2, -0.15) is 0 Å². The maximum absolute atomic E-state index is 13.3. The van der Waals surface area contributed by atoms with Crippen LogP contribution < -0.4 is 10.1 Å². The number of benzene rings is 1. The maximum atomic E-state index is 13.3. The third kappa shape index (κ3) is 3.18. The fourth-order valence-corrected chi connectivity index (χ4v) is 2.50. The van der Waals surface area contributed by atoms with Gasteiger partial charge < -0.3 is 19.6 Å². The fraction of sp³-hybridized carbons (Fsp3) is 0.250. The second kappa shape index (κ2) is 6.12. The van der Waals surface area contributed by atoms with Crippen LogP contribution in [0.4, 0.5) is 4.39 Å². The topological polar surface area (TPSA) is 88.8 Å². The van der Waals surface area contributed by atoms with Gasteiger partial charge in [-0.15, -0.1) is 0 Å². The van der Waals surface area contributed by atoms with Crippen molar-refractivity contribution in [2.75, 3.05) is 6.61 Å². The number of carbonyl (C=O) groups excluding carboxylic acids is 1. The molecule has 120 valence electrons. The molecule has 1 unspecified atom stereocenters. The first-order valence-corrected chi connectivity index (χ1v) is 7.11. The molecule has 6 nitrogen and oxygen atoms in total. The Hall–Kier alpha value is -2.83. The molecule has 2 aromatic rings. The number of aromatic carboxylic acids is 1. The number of amides is 1.